The SMILES string of the molecule is Cc1ccc(N(c2ccccc2)c2ccc(/C=C/C(=O)c3cc(-c4ccccc4)ccc3C=O)cc2)cc1. The van der Waals surface area contributed by atoms with E-state index < -0.39 is 0 Å². The third-order valence-electron chi connectivity index (χ3n) is 6.44. The van der Waals surface area contributed by atoms with Crippen molar-refractivity contribution < 1.29 is 9.59 Å². The molecule has 0 bridgehead atoms. The molecule has 0 unspecified atom stereocenters. The quantitative estimate of drug-likeness (QED) is 0.123. The highest BCUT2D eigenvalue weighted by Gasteiger charge is 2.13. The largest absolute Gasteiger partial charge is 0.311 e. The lowest BCUT2D eigenvalue weighted by Crippen LogP contribution is -2.09. The molecule has 184 valence electrons. The van der Waals surface area contributed by atoms with Gasteiger partial charge in [-0.3, -0.25) is 9.59 Å². The van der Waals surface area contributed by atoms with Gasteiger partial charge < -0.3 is 4.90 Å². The first-order valence-corrected chi connectivity index (χ1v) is 12.5. The molecule has 0 aliphatic rings. The van der Waals surface area contributed by atoms with Crippen LogP contribution >= 0.6 is 0 Å². The fourth-order valence-corrected chi connectivity index (χ4v) is 4.40. The Morgan fingerprint density at radius 2 is 1.21 bits per heavy atom. The summed E-state index contributed by atoms with van der Waals surface area (Å²) in [7, 11) is 0. The van der Waals surface area contributed by atoms with Crippen molar-refractivity contribution in [2.45, 2.75) is 6.92 Å². The average molecular weight is 494 g/mol. The van der Waals surface area contributed by atoms with E-state index in [1.54, 1.807) is 18.2 Å². The summed E-state index contributed by atoms with van der Waals surface area (Å²) in [6.07, 6.45) is 4.05. The summed E-state index contributed by atoms with van der Waals surface area (Å²) >= 11 is 0. The molecule has 38 heavy (non-hydrogen) atoms. The summed E-state index contributed by atoms with van der Waals surface area (Å²) in [5.74, 6) is -0.209. The second-order valence-electron chi connectivity index (χ2n) is 9.08. The molecule has 0 aliphatic carbocycles. The second kappa shape index (κ2) is 11.4. The van der Waals surface area contributed by atoms with Gasteiger partial charge in [0.1, 0.15) is 0 Å². The molecule has 5 rings (SSSR count). The number of hydrogen-bond acceptors (Lipinski definition) is 3. The smallest absolute Gasteiger partial charge is 0.186 e. The molecule has 3 heteroatoms. The van der Waals surface area contributed by atoms with Crippen LogP contribution in [0.1, 0.15) is 31.8 Å². The third kappa shape index (κ3) is 5.53. The highest BCUT2D eigenvalue weighted by Crippen LogP contribution is 2.34. The first-order chi connectivity index (χ1) is 18.6. The van der Waals surface area contributed by atoms with Crippen molar-refractivity contribution >= 4 is 35.2 Å². The minimum Gasteiger partial charge on any atom is -0.311 e. The molecule has 5 aromatic carbocycles. The molecule has 0 fully saturated rings. The van der Waals surface area contributed by atoms with E-state index in [-0.39, 0.29) is 5.78 Å². The van der Waals surface area contributed by atoms with Crippen molar-refractivity contribution in [3.63, 3.8) is 0 Å². The first kappa shape index (κ1) is 24.7. The van der Waals surface area contributed by atoms with E-state index in [0.29, 0.717) is 11.1 Å². The number of carbonyl (C=O) groups excluding carboxylic acids is 2. The molecule has 5 aromatic rings. The van der Waals surface area contributed by atoms with Gasteiger partial charge in [0.25, 0.3) is 0 Å². The molecule has 0 aromatic heterocycles. The number of allylic oxidation sites excluding steroid dienone is 1. The molecule has 0 N–H and O–H groups in total. The van der Waals surface area contributed by atoms with Gasteiger partial charge in [-0.05, 0) is 72.2 Å². The lowest BCUT2D eigenvalue weighted by atomic mass is 9.97. The monoisotopic (exact) mass is 493 g/mol. The maximum atomic E-state index is 13.1. The van der Waals surface area contributed by atoms with E-state index in [4.69, 9.17) is 0 Å². The van der Waals surface area contributed by atoms with Crippen LogP contribution in [-0.2, 0) is 0 Å². The second-order valence-corrected chi connectivity index (χ2v) is 9.08. The van der Waals surface area contributed by atoms with E-state index in [1.165, 1.54) is 11.6 Å². The summed E-state index contributed by atoms with van der Waals surface area (Å²) in [6.45, 7) is 2.08. The molecule has 0 aliphatic heterocycles. The summed E-state index contributed by atoms with van der Waals surface area (Å²) < 4.78 is 0. The van der Waals surface area contributed by atoms with Crippen LogP contribution in [0.2, 0.25) is 0 Å². The van der Waals surface area contributed by atoms with Crippen molar-refractivity contribution in [2.24, 2.45) is 0 Å². The van der Waals surface area contributed by atoms with E-state index >= 15 is 0 Å². The van der Waals surface area contributed by atoms with Crippen LogP contribution in [0.15, 0.2) is 133 Å². The predicted octanol–water partition coefficient (Wildman–Crippen LogP) is 8.84. The molecule has 0 saturated carbocycles. The standard InChI is InChI=1S/C35H27NO2/c1-26-12-19-32(20-13-26)36(31-10-6-3-7-11-31)33-21-14-27(15-22-33)16-23-35(38)34-24-29(17-18-30(34)25-37)28-8-4-2-5-9-28/h2-25H,1H3/b23-16+. The minimum absolute atomic E-state index is 0.209. The number of anilines is 3. The molecular formula is C35H27NO2. The fraction of sp³-hybridized carbons (Fsp3) is 0.0286. The molecule has 3 nitrogen and oxygen atoms in total. The summed E-state index contributed by atoms with van der Waals surface area (Å²) in [5.41, 5.74) is 7.92. The number of nitrogens with zero attached hydrogens (tertiary/aromatic N) is 1. The van der Waals surface area contributed by atoms with Gasteiger partial charge in [-0.25, -0.2) is 0 Å². The van der Waals surface area contributed by atoms with Crippen molar-refractivity contribution in [3.8, 4) is 11.1 Å². The number of aldehydes is 1. The van der Waals surface area contributed by atoms with Crippen LogP contribution in [0.4, 0.5) is 17.1 Å². The maximum Gasteiger partial charge on any atom is 0.186 e. The number of carbonyl (C=O) groups is 2. The highest BCUT2D eigenvalue weighted by atomic mass is 16.1. The molecule has 0 radical (unpaired) electrons. The molecule has 0 spiro atoms. The van der Waals surface area contributed by atoms with Gasteiger partial charge in [0, 0.05) is 28.2 Å². The van der Waals surface area contributed by atoms with E-state index in [2.05, 4.69) is 48.2 Å². The highest BCUT2D eigenvalue weighted by molar-refractivity contribution is 6.11. The molecule has 0 heterocycles. The Morgan fingerprint density at radius 3 is 1.84 bits per heavy atom. The van der Waals surface area contributed by atoms with Gasteiger partial charge in [-0.1, -0.05) is 96.6 Å². The van der Waals surface area contributed by atoms with Gasteiger partial charge in [0.15, 0.2) is 12.1 Å². The zero-order valence-electron chi connectivity index (χ0n) is 21.1. The van der Waals surface area contributed by atoms with Crippen LogP contribution in [0.25, 0.3) is 17.2 Å². The molecule has 0 amide bonds. The van der Waals surface area contributed by atoms with Gasteiger partial charge >= 0.3 is 0 Å². The third-order valence-corrected chi connectivity index (χ3v) is 6.44. The van der Waals surface area contributed by atoms with E-state index in [9.17, 15) is 9.59 Å². The number of para-hydroxylation sites is 1. The van der Waals surface area contributed by atoms with Crippen molar-refractivity contribution in [1.82, 2.24) is 0 Å². The Kier molecular flexibility index (Phi) is 7.37. The lowest BCUT2D eigenvalue weighted by molar-refractivity contribution is 0.103. The Labute approximate surface area is 223 Å². The van der Waals surface area contributed by atoms with Crippen molar-refractivity contribution in [1.29, 1.82) is 0 Å². The minimum atomic E-state index is -0.209. The zero-order chi connectivity index (χ0) is 26.3. The number of hydrogen-bond donors (Lipinski definition) is 0. The number of aryl methyl sites for hydroxylation is 1. The van der Waals surface area contributed by atoms with Crippen LogP contribution in [0.5, 0.6) is 0 Å². The van der Waals surface area contributed by atoms with Crippen LogP contribution in [0, 0.1) is 6.92 Å². The van der Waals surface area contributed by atoms with Gasteiger partial charge in [0.2, 0.25) is 0 Å². The fourth-order valence-electron chi connectivity index (χ4n) is 4.40. The zero-order valence-corrected chi connectivity index (χ0v) is 21.1. The summed E-state index contributed by atoms with van der Waals surface area (Å²) in [6, 6.07) is 41.9. The Hall–Kier alpha value is -5.02. The van der Waals surface area contributed by atoms with Crippen LogP contribution in [0.3, 0.4) is 0 Å². The molecular weight excluding hydrogens is 466 g/mol. The van der Waals surface area contributed by atoms with Gasteiger partial charge in [0.05, 0.1) is 0 Å². The predicted molar refractivity (Wildman–Crippen MR) is 156 cm³/mol. The molecule has 0 saturated heterocycles. The van der Waals surface area contributed by atoms with E-state index in [0.717, 1.165) is 40.0 Å². The average Bonchev–Trinajstić information content (AvgIpc) is 2.98. The maximum absolute atomic E-state index is 13.1. The number of rotatable bonds is 8. The van der Waals surface area contributed by atoms with Crippen LogP contribution < -0.4 is 4.90 Å². The van der Waals surface area contributed by atoms with Crippen molar-refractivity contribution in [2.75, 3.05) is 4.90 Å². The Morgan fingerprint density at radius 1 is 0.632 bits per heavy atom. The topological polar surface area (TPSA) is 37.4 Å². The Balaban J connectivity index is 1.41. The summed E-state index contributed by atoms with van der Waals surface area (Å²) in [4.78, 5) is 26.9. The van der Waals surface area contributed by atoms with Crippen LogP contribution in [-0.4, -0.2) is 12.1 Å². The number of benzene rings is 5. The number of ketones is 1. The lowest BCUT2D eigenvalue weighted by Gasteiger charge is -2.25. The normalized spacial score (nSPS) is 10.9. The van der Waals surface area contributed by atoms with Crippen molar-refractivity contribution in [3.05, 3.63) is 156 Å². The van der Waals surface area contributed by atoms with Gasteiger partial charge in [-0.2, -0.15) is 0 Å². The Bertz CT molecular complexity index is 1570. The van der Waals surface area contributed by atoms with E-state index in [1.807, 2.05) is 78.9 Å². The molecule has 0 atom stereocenters. The van der Waals surface area contributed by atoms with Gasteiger partial charge in [-0.15, -0.1) is 0 Å². The summed E-state index contributed by atoms with van der Waals surface area (Å²) in [5, 5.41) is 0. The first-order valence-electron chi connectivity index (χ1n) is 12.5.